The summed E-state index contributed by atoms with van der Waals surface area (Å²) in [5, 5.41) is 8.12. The van der Waals surface area contributed by atoms with Crippen molar-refractivity contribution in [1.82, 2.24) is 24.5 Å². The number of hydrogen-bond donors (Lipinski definition) is 1. The van der Waals surface area contributed by atoms with Crippen LogP contribution in [0, 0.1) is 12.8 Å². The molecule has 3 heterocycles. The predicted molar refractivity (Wildman–Crippen MR) is 83.9 cm³/mol. The smallest absolute Gasteiger partial charge is 0.255 e. The van der Waals surface area contributed by atoms with Crippen molar-refractivity contribution in [2.24, 2.45) is 5.92 Å². The van der Waals surface area contributed by atoms with Crippen LogP contribution in [0.2, 0.25) is 5.15 Å². The first kappa shape index (κ1) is 14.5. The van der Waals surface area contributed by atoms with Crippen molar-refractivity contribution in [3.05, 3.63) is 17.0 Å². The molecule has 1 fully saturated rings. The molecule has 7 heteroatoms. The third-order valence-electron chi connectivity index (χ3n) is 4.20. The van der Waals surface area contributed by atoms with E-state index >= 15 is 0 Å². The minimum atomic E-state index is 0.477. The summed E-state index contributed by atoms with van der Waals surface area (Å²) in [6, 6.07) is 0. The molecule has 0 aliphatic carbocycles. The van der Waals surface area contributed by atoms with Gasteiger partial charge in [-0.1, -0.05) is 18.5 Å². The molecule has 0 spiro atoms. The Labute approximate surface area is 129 Å². The number of anilines is 1. The van der Waals surface area contributed by atoms with Crippen molar-refractivity contribution in [1.29, 1.82) is 0 Å². The zero-order valence-electron chi connectivity index (χ0n) is 12.5. The third-order valence-corrected chi connectivity index (χ3v) is 4.57. The van der Waals surface area contributed by atoms with Gasteiger partial charge in [-0.15, -0.1) is 0 Å². The van der Waals surface area contributed by atoms with Gasteiger partial charge >= 0.3 is 0 Å². The minimum absolute atomic E-state index is 0.477. The van der Waals surface area contributed by atoms with Gasteiger partial charge in [0.2, 0.25) is 0 Å². The van der Waals surface area contributed by atoms with Crippen LogP contribution in [0.3, 0.4) is 0 Å². The summed E-state index contributed by atoms with van der Waals surface area (Å²) in [5.41, 5.74) is 0.905. The molecule has 0 amide bonds. The molecule has 0 bridgehead atoms. The van der Waals surface area contributed by atoms with Crippen molar-refractivity contribution >= 4 is 23.2 Å². The molecular weight excluding hydrogens is 288 g/mol. The van der Waals surface area contributed by atoms with Crippen molar-refractivity contribution in [2.45, 2.75) is 26.7 Å². The summed E-state index contributed by atoms with van der Waals surface area (Å²) in [4.78, 5) is 10.8. The maximum Gasteiger partial charge on any atom is 0.255 e. The lowest BCUT2D eigenvalue weighted by atomic mass is 9.99. The minimum Gasteiger partial charge on any atom is -0.368 e. The topological polar surface area (TPSA) is 58.4 Å². The first-order valence-corrected chi connectivity index (χ1v) is 7.85. The lowest BCUT2D eigenvalue weighted by Gasteiger charge is -2.30. The molecule has 1 aliphatic heterocycles. The van der Waals surface area contributed by atoms with Gasteiger partial charge in [0.05, 0.1) is 0 Å². The monoisotopic (exact) mass is 308 g/mol. The average molecular weight is 309 g/mol. The Kier molecular flexibility index (Phi) is 4.26. The van der Waals surface area contributed by atoms with E-state index in [9.17, 15) is 0 Å². The number of fused-ring (bicyclic) bond motifs is 1. The summed E-state index contributed by atoms with van der Waals surface area (Å²) < 4.78 is 1.71. The van der Waals surface area contributed by atoms with Gasteiger partial charge in [-0.05, 0) is 38.8 Å². The van der Waals surface area contributed by atoms with Crippen LogP contribution in [-0.2, 0) is 0 Å². The Balaban J connectivity index is 1.65. The number of hydrogen-bond acceptors (Lipinski definition) is 5. The SMILES string of the molecule is Cc1c(Cl)nc2ncnn2c1NCCN1CCC(C)CC1. The Morgan fingerprint density at radius 1 is 1.38 bits per heavy atom. The van der Waals surface area contributed by atoms with Crippen LogP contribution >= 0.6 is 11.6 Å². The normalized spacial score (nSPS) is 17.5. The van der Waals surface area contributed by atoms with Crippen molar-refractivity contribution in [2.75, 3.05) is 31.5 Å². The van der Waals surface area contributed by atoms with Crippen LogP contribution < -0.4 is 5.32 Å². The Morgan fingerprint density at radius 2 is 2.14 bits per heavy atom. The standard InChI is InChI=1S/C14H21ClN6/c1-10-3-6-20(7-4-10)8-5-16-13-11(2)12(15)19-14-17-9-18-21(13)14/h9-10,16H,3-8H2,1-2H3. The molecule has 114 valence electrons. The van der Waals surface area contributed by atoms with Gasteiger partial charge in [0.1, 0.15) is 17.3 Å². The molecule has 0 aromatic carbocycles. The molecule has 0 radical (unpaired) electrons. The highest BCUT2D eigenvalue weighted by Crippen LogP contribution is 2.22. The predicted octanol–water partition coefficient (Wildman–Crippen LogP) is 2.23. The summed E-state index contributed by atoms with van der Waals surface area (Å²) in [6.07, 6.45) is 4.09. The van der Waals surface area contributed by atoms with Crippen LogP contribution in [0.1, 0.15) is 25.3 Å². The number of halogens is 1. The molecule has 2 aromatic rings. The molecule has 1 saturated heterocycles. The van der Waals surface area contributed by atoms with Gasteiger partial charge in [-0.2, -0.15) is 19.6 Å². The van der Waals surface area contributed by atoms with Gasteiger partial charge in [0, 0.05) is 18.7 Å². The van der Waals surface area contributed by atoms with Gasteiger partial charge in [-0.25, -0.2) is 0 Å². The second-order valence-electron chi connectivity index (χ2n) is 5.80. The van der Waals surface area contributed by atoms with Gasteiger partial charge in [0.15, 0.2) is 0 Å². The van der Waals surface area contributed by atoms with E-state index in [1.807, 2.05) is 6.92 Å². The molecule has 0 saturated carbocycles. The molecule has 0 atom stereocenters. The highest BCUT2D eigenvalue weighted by molar-refractivity contribution is 6.30. The Hall–Kier alpha value is -1.40. The highest BCUT2D eigenvalue weighted by atomic mass is 35.5. The molecule has 1 aliphatic rings. The average Bonchev–Trinajstić information content (AvgIpc) is 2.93. The summed E-state index contributed by atoms with van der Waals surface area (Å²) in [7, 11) is 0. The fraction of sp³-hybridized carbons (Fsp3) is 0.643. The number of aromatic nitrogens is 4. The molecule has 0 unspecified atom stereocenters. The lowest BCUT2D eigenvalue weighted by molar-refractivity contribution is 0.199. The summed E-state index contributed by atoms with van der Waals surface area (Å²) in [5.74, 6) is 2.28. The number of piperidine rings is 1. The van der Waals surface area contributed by atoms with Crippen molar-refractivity contribution in [3.63, 3.8) is 0 Å². The third kappa shape index (κ3) is 3.11. The lowest BCUT2D eigenvalue weighted by Crippen LogP contribution is -2.36. The maximum absolute atomic E-state index is 6.15. The summed E-state index contributed by atoms with van der Waals surface area (Å²) in [6.45, 7) is 8.56. The number of rotatable bonds is 4. The molecule has 21 heavy (non-hydrogen) atoms. The fourth-order valence-corrected chi connectivity index (χ4v) is 2.89. The van der Waals surface area contributed by atoms with E-state index in [1.165, 1.54) is 32.3 Å². The van der Waals surface area contributed by atoms with Crippen LogP contribution in [0.25, 0.3) is 5.78 Å². The Bertz CT molecular complexity index is 617. The van der Waals surface area contributed by atoms with Crippen LogP contribution in [0.15, 0.2) is 6.33 Å². The van der Waals surface area contributed by atoms with E-state index in [0.29, 0.717) is 10.9 Å². The van der Waals surface area contributed by atoms with Gasteiger partial charge < -0.3 is 10.2 Å². The first-order chi connectivity index (χ1) is 10.1. The van der Waals surface area contributed by atoms with Crippen LogP contribution in [0.4, 0.5) is 5.82 Å². The molecule has 6 nitrogen and oxygen atoms in total. The number of nitrogens with one attached hydrogen (secondary N) is 1. The molecule has 3 rings (SSSR count). The quantitative estimate of drug-likeness (QED) is 0.878. The van der Waals surface area contributed by atoms with E-state index < -0.39 is 0 Å². The number of likely N-dealkylation sites (tertiary alicyclic amines) is 1. The first-order valence-electron chi connectivity index (χ1n) is 7.47. The van der Waals surface area contributed by atoms with E-state index in [0.717, 1.165) is 30.4 Å². The van der Waals surface area contributed by atoms with Crippen LogP contribution in [-0.4, -0.2) is 50.7 Å². The van der Waals surface area contributed by atoms with Gasteiger partial charge in [-0.3, -0.25) is 0 Å². The van der Waals surface area contributed by atoms with Crippen LogP contribution in [0.5, 0.6) is 0 Å². The number of nitrogens with zero attached hydrogens (tertiary/aromatic N) is 5. The van der Waals surface area contributed by atoms with Gasteiger partial charge in [0.25, 0.3) is 5.78 Å². The van der Waals surface area contributed by atoms with E-state index in [2.05, 4.69) is 32.2 Å². The summed E-state index contributed by atoms with van der Waals surface area (Å²) >= 11 is 6.15. The maximum atomic E-state index is 6.15. The zero-order chi connectivity index (χ0) is 14.8. The molecule has 1 N–H and O–H groups in total. The van der Waals surface area contributed by atoms with E-state index in [1.54, 1.807) is 4.52 Å². The Morgan fingerprint density at radius 3 is 2.90 bits per heavy atom. The second-order valence-corrected chi connectivity index (χ2v) is 6.16. The van der Waals surface area contributed by atoms with Crippen molar-refractivity contribution < 1.29 is 0 Å². The largest absolute Gasteiger partial charge is 0.368 e. The molecule has 2 aromatic heterocycles. The zero-order valence-corrected chi connectivity index (χ0v) is 13.3. The molecular formula is C14H21ClN6. The van der Waals surface area contributed by atoms with E-state index in [-0.39, 0.29) is 0 Å². The van der Waals surface area contributed by atoms with E-state index in [4.69, 9.17) is 11.6 Å². The fourth-order valence-electron chi connectivity index (χ4n) is 2.72. The highest BCUT2D eigenvalue weighted by Gasteiger charge is 2.16. The second kappa shape index (κ2) is 6.15. The van der Waals surface area contributed by atoms with Crippen molar-refractivity contribution in [3.8, 4) is 0 Å².